The highest BCUT2D eigenvalue weighted by atomic mass is 16.6. The van der Waals surface area contributed by atoms with Gasteiger partial charge in [0.25, 0.3) is 0 Å². The zero-order valence-electron chi connectivity index (χ0n) is 81.0. The minimum Gasteiger partial charge on any atom is -0.497 e. The van der Waals surface area contributed by atoms with Crippen molar-refractivity contribution in [2.45, 2.75) is 120 Å². The number of hydrogen-bond donors (Lipinski definition) is 5. The fourth-order valence-electron chi connectivity index (χ4n) is 14.1. The van der Waals surface area contributed by atoms with E-state index < -0.39 is 54.4 Å². The van der Waals surface area contributed by atoms with Gasteiger partial charge in [0.05, 0.1) is 61.2 Å². The maximum absolute atomic E-state index is 12.0. The van der Waals surface area contributed by atoms with E-state index in [9.17, 15) is 34.5 Å². The molecule has 10 aromatic carbocycles. The Bertz CT molecular complexity index is 4600. The van der Waals surface area contributed by atoms with Gasteiger partial charge in [-0.05, 0) is 281 Å². The first-order valence-corrected chi connectivity index (χ1v) is 45.3. The molecule has 26 heteroatoms. The summed E-state index contributed by atoms with van der Waals surface area (Å²) < 4.78 is 66.8. The Morgan fingerprint density at radius 3 is 0.649 bits per heavy atom. The number of ether oxygens (including phenoxy) is 12. The van der Waals surface area contributed by atoms with Crippen LogP contribution in [0.1, 0.15) is 81.3 Å². The number of aliphatic carboxylic acids is 2. The van der Waals surface area contributed by atoms with Gasteiger partial charge in [0.2, 0.25) is 0 Å². The highest BCUT2D eigenvalue weighted by Crippen LogP contribution is 2.29. The van der Waals surface area contributed by atoms with Crippen LogP contribution in [0.15, 0.2) is 243 Å². The van der Waals surface area contributed by atoms with Gasteiger partial charge in [0.1, 0.15) is 121 Å². The van der Waals surface area contributed by atoms with Gasteiger partial charge in [-0.3, -0.25) is 19.2 Å². The van der Waals surface area contributed by atoms with Gasteiger partial charge in [-0.1, -0.05) is 152 Å². The third kappa shape index (κ3) is 46.4. The normalized spacial score (nSPS) is 12.0. The molecule has 0 aliphatic rings. The van der Waals surface area contributed by atoms with E-state index >= 15 is 0 Å². The molecule has 0 aromatic heterocycles. The lowest BCUT2D eigenvalue weighted by Crippen LogP contribution is -2.35. The number of aliphatic hydroxyl groups excluding tert-OH is 3. The summed E-state index contributed by atoms with van der Waals surface area (Å²) in [5.41, 5.74) is 11.6. The molecule has 0 aliphatic carbocycles. The molecule has 5 atom stereocenters. The Hall–Kier alpha value is -12.2. The third-order valence-corrected chi connectivity index (χ3v) is 20.6. The first-order valence-electron chi connectivity index (χ1n) is 45.3. The fraction of sp³-hybridized carbons (Fsp3) is 0.407. The molecule has 0 fully saturated rings. The number of methoxy groups -OCH3 is 5. The van der Waals surface area contributed by atoms with Gasteiger partial charge in [-0.2, -0.15) is 0 Å². The Kier molecular flexibility index (Phi) is 52.0. The number of aryl methyl sites for hydroxylation is 10. The monoisotopic (exact) mass is 1850 g/mol. The van der Waals surface area contributed by atoms with Gasteiger partial charge in [-0.25, -0.2) is 0 Å². The van der Waals surface area contributed by atoms with Crippen molar-refractivity contribution in [2.24, 2.45) is 0 Å². The van der Waals surface area contributed by atoms with E-state index in [-0.39, 0.29) is 38.9 Å². The number of esters is 2. The molecule has 5 N–H and O–H groups in total. The summed E-state index contributed by atoms with van der Waals surface area (Å²) in [7, 11) is 27.5. The number of carbonyl (C=O) groups is 4. The maximum atomic E-state index is 12.0. The van der Waals surface area contributed by atoms with Crippen LogP contribution in [0.25, 0.3) is 0 Å². The Morgan fingerprint density at radius 2 is 0.455 bits per heavy atom. The molecular formula is C108H143N5O21. The number of rotatable bonds is 53. The molecule has 10 rings (SSSR count). The van der Waals surface area contributed by atoms with Crippen molar-refractivity contribution in [3.05, 3.63) is 298 Å². The minimum atomic E-state index is -1.03. The summed E-state index contributed by atoms with van der Waals surface area (Å²) in [6.45, 7) is 4.00. The van der Waals surface area contributed by atoms with Crippen molar-refractivity contribution in [2.75, 3.05) is 172 Å². The highest BCUT2D eigenvalue weighted by Gasteiger charge is 2.22. The number of benzene rings is 10. The first kappa shape index (κ1) is 111. The van der Waals surface area contributed by atoms with Crippen LogP contribution in [0.4, 0.5) is 0 Å². The van der Waals surface area contributed by atoms with Gasteiger partial charge in [-0.15, -0.1) is 0 Å². The van der Waals surface area contributed by atoms with Crippen LogP contribution in [0, 0.1) is 0 Å². The van der Waals surface area contributed by atoms with Crippen molar-refractivity contribution in [1.82, 2.24) is 24.5 Å². The number of carbonyl (C=O) groups excluding carboxylic acids is 2. The second-order valence-corrected chi connectivity index (χ2v) is 33.6. The molecule has 0 spiro atoms. The van der Waals surface area contributed by atoms with Crippen LogP contribution in [-0.4, -0.2) is 276 Å². The average Bonchev–Trinajstić information content (AvgIpc) is 0.883. The number of likely N-dealkylation sites (N-methyl/N-ethyl adjacent to an activating group) is 5. The molecule has 134 heavy (non-hydrogen) atoms. The van der Waals surface area contributed by atoms with Crippen LogP contribution in [0.3, 0.4) is 0 Å². The molecular weight excluding hydrogens is 1700 g/mol. The number of aliphatic hydroxyl groups is 3. The van der Waals surface area contributed by atoms with Crippen molar-refractivity contribution >= 4 is 23.9 Å². The maximum Gasteiger partial charge on any atom is 0.306 e. The molecule has 10 aromatic rings. The zero-order chi connectivity index (χ0) is 97.4. The van der Waals surface area contributed by atoms with Crippen molar-refractivity contribution in [3.8, 4) is 57.5 Å². The SMILES string of the molecule is COc1cccc(CCc2ccccc2OCC(CN(C)C)OC(=O)CCC(=O)O)c1.COc1cccc(CCc2ccccc2OCC(O)CN(C)C)c1.COc1cccc(CCc2ccccc2OC[C@@H](O)CN(C)C)c1.COc1cccc(CCc2ccccc2OC[C@H](CN(C)C)OC(=O)CCC(=O)O)c1.COc1cccc(CCc2ccccc2OC[C@H](O)CN(C)C)c1. The Labute approximate surface area is 793 Å². The number of nitrogens with zero attached hydrogens (tertiary/aromatic N) is 5. The molecule has 0 bridgehead atoms. The van der Waals surface area contributed by atoms with Crippen molar-refractivity contribution < 1.29 is 102 Å². The van der Waals surface area contributed by atoms with E-state index in [1.165, 1.54) is 27.8 Å². The van der Waals surface area contributed by atoms with E-state index in [1.54, 1.807) is 35.5 Å². The number of carboxylic acids is 2. The zero-order valence-corrected chi connectivity index (χ0v) is 81.0. The van der Waals surface area contributed by atoms with E-state index in [2.05, 4.69) is 66.7 Å². The fourth-order valence-corrected chi connectivity index (χ4v) is 14.1. The largest absolute Gasteiger partial charge is 0.497 e. The van der Waals surface area contributed by atoms with Gasteiger partial charge in [0.15, 0.2) is 0 Å². The van der Waals surface area contributed by atoms with Crippen LogP contribution >= 0.6 is 0 Å². The van der Waals surface area contributed by atoms with E-state index in [4.69, 9.17) is 67.1 Å². The van der Waals surface area contributed by atoms with Crippen LogP contribution in [-0.2, 0) is 92.9 Å². The third-order valence-electron chi connectivity index (χ3n) is 20.6. The summed E-state index contributed by atoms with van der Waals surface area (Å²) in [5, 5.41) is 47.3. The van der Waals surface area contributed by atoms with E-state index in [0.717, 1.165) is 150 Å². The van der Waals surface area contributed by atoms with Crippen LogP contribution < -0.4 is 47.4 Å². The second kappa shape index (κ2) is 63.0. The van der Waals surface area contributed by atoms with Crippen LogP contribution in [0.5, 0.6) is 57.5 Å². The first-order chi connectivity index (χ1) is 64.5. The lowest BCUT2D eigenvalue weighted by atomic mass is 10.0. The van der Waals surface area contributed by atoms with E-state index in [0.29, 0.717) is 52.5 Å². The molecule has 26 nitrogen and oxygen atoms in total. The Morgan fingerprint density at radius 1 is 0.254 bits per heavy atom. The average molecular weight is 1850 g/mol. The molecule has 726 valence electrons. The van der Waals surface area contributed by atoms with Crippen LogP contribution in [0.2, 0.25) is 0 Å². The predicted octanol–water partition coefficient (Wildman–Crippen LogP) is 14.7. The summed E-state index contributed by atoms with van der Waals surface area (Å²) >= 11 is 0. The standard InChI is InChI=1S/2C24H31NO6.3C20H27NO3/c2*1-25(2)16-21(31-24(28)14-13-23(26)27)17-30-22-10-5-4-8-19(22)12-11-18-7-6-9-20(15-18)29-3;3*1-21(2)14-18(22)15-24-20-10-5-4-8-17(20)12-11-16-7-6-9-19(13-16)23-3/h2*4-10,15,21H,11-14,16-17H2,1-3H3,(H,26,27);3*4-10,13,18,22H,11-12,14-15H2,1-3H3/t21-;;2*18-;/m0.10./s1. The summed E-state index contributed by atoms with van der Waals surface area (Å²) in [5.74, 6) is 5.20. The van der Waals surface area contributed by atoms with E-state index in [1.807, 2.05) is 271 Å². The summed E-state index contributed by atoms with van der Waals surface area (Å²) in [4.78, 5) is 54.9. The smallest absolute Gasteiger partial charge is 0.306 e. The topological polar surface area (TPSA) is 296 Å². The lowest BCUT2D eigenvalue weighted by Gasteiger charge is -2.22. The second-order valence-electron chi connectivity index (χ2n) is 33.6. The molecule has 0 aliphatic heterocycles. The number of para-hydroxylation sites is 5. The number of carboxylic acid groups (broad SMARTS) is 2. The molecule has 0 saturated heterocycles. The molecule has 0 amide bonds. The Balaban J connectivity index is 0.000000259. The molecule has 0 saturated carbocycles. The lowest BCUT2D eigenvalue weighted by molar-refractivity contribution is -0.154. The summed E-state index contributed by atoms with van der Waals surface area (Å²) in [6.07, 6.45) is 5.36. The highest BCUT2D eigenvalue weighted by molar-refractivity contribution is 5.77. The van der Waals surface area contributed by atoms with Gasteiger partial charge < -0.3 is 107 Å². The van der Waals surface area contributed by atoms with Gasteiger partial charge >= 0.3 is 23.9 Å². The van der Waals surface area contributed by atoms with Crippen molar-refractivity contribution in [3.63, 3.8) is 0 Å². The molecule has 2 unspecified atom stereocenters. The quantitative estimate of drug-likeness (QED) is 0.0221. The number of hydrogen-bond acceptors (Lipinski definition) is 24. The van der Waals surface area contributed by atoms with Crippen molar-refractivity contribution in [1.29, 1.82) is 0 Å². The molecule has 0 radical (unpaired) electrons. The van der Waals surface area contributed by atoms with Gasteiger partial charge in [0, 0.05) is 32.7 Å². The molecule has 0 heterocycles. The minimum absolute atomic E-state index is 0.156. The summed E-state index contributed by atoms with van der Waals surface area (Å²) in [6, 6.07) is 80.0. The predicted molar refractivity (Wildman–Crippen MR) is 526 cm³/mol.